The summed E-state index contributed by atoms with van der Waals surface area (Å²) >= 11 is 5.94. The van der Waals surface area contributed by atoms with Gasteiger partial charge in [0.2, 0.25) is 5.91 Å². The van der Waals surface area contributed by atoms with Crippen LogP contribution in [0.5, 0.6) is 0 Å². The molecular weight excluding hydrogens is 311 g/mol. The first-order chi connectivity index (χ1) is 10.5. The fourth-order valence-electron chi connectivity index (χ4n) is 2.74. The van der Waals surface area contributed by atoms with Gasteiger partial charge in [0, 0.05) is 33.2 Å². The van der Waals surface area contributed by atoms with Crippen LogP contribution in [0.2, 0.25) is 5.02 Å². The predicted molar refractivity (Wildman–Crippen MR) is 80.2 cm³/mol. The van der Waals surface area contributed by atoms with Crippen molar-refractivity contribution >= 4 is 23.4 Å². The van der Waals surface area contributed by atoms with Crippen molar-refractivity contribution in [2.24, 2.45) is 11.8 Å². The van der Waals surface area contributed by atoms with Crippen molar-refractivity contribution in [3.05, 3.63) is 34.6 Å². The van der Waals surface area contributed by atoms with Crippen molar-refractivity contribution in [2.75, 3.05) is 33.9 Å². The summed E-state index contributed by atoms with van der Waals surface area (Å²) in [5.41, 5.74) is 0.233. The van der Waals surface area contributed by atoms with Gasteiger partial charge in [-0.2, -0.15) is 0 Å². The van der Waals surface area contributed by atoms with Gasteiger partial charge >= 0.3 is 0 Å². The summed E-state index contributed by atoms with van der Waals surface area (Å²) in [5.74, 6) is -1.33. The highest BCUT2D eigenvalue weighted by Crippen LogP contribution is 2.27. The normalized spacial score (nSPS) is 21.0. The molecule has 2 atom stereocenters. The quantitative estimate of drug-likeness (QED) is 0.912. The second-order valence-corrected chi connectivity index (χ2v) is 5.68. The highest BCUT2D eigenvalue weighted by Gasteiger charge is 2.39. The smallest absolute Gasteiger partial charge is 0.255 e. The fraction of sp³-hybridized carbons (Fsp3) is 0.467. The maximum absolute atomic E-state index is 13.1. The first-order valence-electron chi connectivity index (χ1n) is 6.92. The number of halogens is 2. The number of nitrogens with zero attached hydrogens (tertiary/aromatic N) is 1. The van der Waals surface area contributed by atoms with Gasteiger partial charge in [0.25, 0.3) is 5.91 Å². The third-order valence-corrected chi connectivity index (χ3v) is 4.17. The van der Waals surface area contributed by atoms with Gasteiger partial charge in [0.1, 0.15) is 5.82 Å². The Morgan fingerprint density at radius 2 is 2.18 bits per heavy atom. The van der Waals surface area contributed by atoms with E-state index in [1.165, 1.54) is 12.1 Å². The maximum atomic E-state index is 13.1. The number of methoxy groups -OCH3 is 1. The molecule has 1 heterocycles. The van der Waals surface area contributed by atoms with Crippen molar-refractivity contribution in [2.45, 2.75) is 0 Å². The fourth-order valence-corrected chi connectivity index (χ4v) is 2.98. The van der Waals surface area contributed by atoms with Crippen LogP contribution in [0.15, 0.2) is 18.2 Å². The molecule has 1 saturated heterocycles. The summed E-state index contributed by atoms with van der Waals surface area (Å²) in [7, 11) is 3.12. The zero-order valence-corrected chi connectivity index (χ0v) is 13.2. The van der Waals surface area contributed by atoms with Crippen molar-refractivity contribution < 1.29 is 18.7 Å². The Hall–Kier alpha value is -1.66. The number of likely N-dealkylation sites (tertiary alicyclic amines) is 1. The molecule has 22 heavy (non-hydrogen) atoms. The van der Waals surface area contributed by atoms with Crippen LogP contribution in [0.1, 0.15) is 10.4 Å². The van der Waals surface area contributed by atoms with Gasteiger partial charge in [-0.15, -0.1) is 0 Å². The van der Waals surface area contributed by atoms with Crippen LogP contribution >= 0.6 is 11.6 Å². The van der Waals surface area contributed by atoms with Crippen molar-refractivity contribution in [3.8, 4) is 0 Å². The summed E-state index contributed by atoms with van der Waals surface area (Å²) in [6, 6.07) is 3.66. The van der Waals surface area contributed by atoms with Crippen molar-refractivity contribution in [1.29, 1.82) is 0 Å². The minimum Gasteiger partial charge on any atom is -0.384 e. The van der Waals surface area contributed by atoms with Crippen LogP contribution in [-0.4, -0.2) is 50.6 Å². The van der Waals surface area contributed by atoms with E-state index in [0.717, 1.165) is 6.07 Å². The molecular formula is C15H18ClFN2O3. The molecule has 2 rings (SSSR count). The van der Waals surface area contributed by atoms with Gasteiger partial charge < -0.3 is 15.0 Å². The molecule has 2 amide bonds. The van der Waals surface area contributed by atoms with Gasteiger partial charge in [0.15, 0.2) is 0 Å². The molecule has 120 valence electrons. The predicted octanol–water partition coefficient (Wildman–Crippen LogP) is 1.56. The number of nitrogens with one attached hydrogen (secondary N) is 1. The van der Waals surface area contributed by atoms with Crippen molar-refractivity contribution in [1.82, 2.24) is 10.2 Å². The molecule has 5 nitrogen and oxygen atoms in total. The maximum Gasteiger partial charge on any atom is 0.255 e. The highest BCUT2D eigenvalue weighted by molar-refractivity contribution is 6.33. The van der Waals surface area contributed by atoms with E-state index in [9.17, 15) is 14.0 Å². The number of carbonyl (C=O) groups excluding carboxylic acids is 2. The Morgan fingerprint density at radius 3 is 2.77 bits per heavy atom. The lowest BCUT2D eigenvalue weighted by atomic mass is 9.96. The molecule has 1 aliphatic rings. The number of rotatable bonds is 4. The summed E-state index contributed by atoms with van der Waals surface area (Å²) in [5, 5.41) is 2.67. The average Bonchev–Trinajstić information content (AvgIpc) is 2.90. The molecule has 0 bridgehead atoms. The van der Waals surface area contributed by atoms with Crippen LogP contribution in [0.25, 0.3) is 0 Å². The van der Waals surface area contributed by atoms with E-state index >= 15 is 0 Å². The number of hydrogen-bond donors (Lipinski definition) is 1. The summed E-state index contributed by atoms with van der Waals surface area (Å²) in [6.45, 7) is 1.08. The molecule has 1 fully saturated rings. The minimum absolute atomic E-state index is 0.0664. The van der Waals surface area contributed by atoms with E-state index in [4.69, 9.17) is 16.3 Å². The largest absolute Gasteiger partial charge is 0.384 e. The van der Waals surface area contributed by atoms with Crippen LogP contribution < -0.4 is 5.32 Å². The summed E-state index contributed by atoms with van der Waals surface area (Å²) < 4.78 is 18.2. The number of benzene rings is 1. The van der Waals surface area contributed by atoms with E-state index in [2.05, 4.69) is 5.32 Å². The van der Waals surface area contributed by atoms with Crippen LogP contribution in [0.3, 0.4) is 0 Å². The molecule has 0 spiro atoms. The Morgan fingerprint density at radius 1 is 1.45 bits per heavy atom. The van der Waals surface area contributed by atoms with Gasteiger partial charge in [-0.25, -0.2) is 4.39 Å². The number of amides is 2. The van der Waals surface area contributed by atoms with Gasteiger partial charge in [-0.3, -0.25) is 9.59 Å². The molecule has 0 unspecified atom stereocenters. The Labute approximate surface area is 133 Å². The Bertz CT molecular complexity index is 582. The second kappa shape index (κ2) is 7.07. The third kappa shape index (κ3) is 3.39. The molecule has 1 aromatic rings. The Balaban J connectivity index is 2.18. The zero-order valence-electron chi connectivity index (χ0n) is 12.4. The van der Waals surface area contributed by atoms with E-state index < -0.39 is 5.82 Å². The number of ether oxygens (including phenoxy) is 1. The first kappa shape index (κ1) is 16.7. The number of carbonyl (C=O) groups is 2. The van der Waals surface area contributed by atoms with Crippen LogP contribution in [0, 0.1) is 17.7 Å². The topological polar surface area (TPSA) is 58.6 Å². The monoisotopic (exact) mass is 328 g/mol. The van der Waals surface area contributed by atoms with Gasteiger partial charge in [-0.05, 0) is 18.2 Å². The van der Waals surface area contributed by atoms with E-state index in [1.807, 2.05) is 0 Å². The second-order valence-electron chi connectivity index (χ2n) is 5.27. The lowest BCUT2D eigenvalue weighted by molar-refractivity contribution is -0.125. The lowest BCUT2D eigenvalue weighted by Gasteiger charge is -2.17. The molecule has 0 aliphatic carbocycles. The van der Waals surface area contributed by atoms with E-state index in [1.54, 1.807) is 19.1 Å². The molecule has 1 aliphatic heterocycles. The first-order valence-corrected chi connectivity index (χ1v) is 7.30. The molecule has 1 N–H and O–H groups in total. The zero-order chi connectivity index (χ0) is 16.3. The third-order valence-electron chi connectivity index (χ3n) is 3.85. The number of hydrogen-bond acceptors (Lipinski definition) is 3. The average molecular weight is 329 g/mol. The van der Waals surface area contributed by atoms with Crippen LogP contribution in [-0.2, 0) is 9.53 Å². The van der Waals surface area contributed by atoms with Gasteiger partial charge in [-0.1, -0.05) is 11.6 Å². The molecule has 0 saturated carbocycles. The molecule has 0 aromatic heterocycles. The molecule has 0 radical (unpaired) electrons. The molecule has 7 heteroatoms. The SMILES string of the molecule is CNC(=O)[C@@H]1CN(C(=O)c2ccc(F)cc2Cl)C[C@H]1COC. The summed E-state index contributed by atoms with van der Waals surface area (Å²) in [4.78, 5) is 26.0. The standard InChI is InChI=1S/C15H18ClFN2O3/c1-18-14(20)12-7-19(6-9(12)8-22-2)15(21)11-4-3-10(17)5-13(11)16/h3-5,9,12H,6-8H2,1-2H3,(H,18,20)/t9-,12+/m0/s1. The van der Waals surface area contributed by atoms with E-state index in [-0.39, 0.29) is 34.2 Å². The lowest BCUT2D eigenvalue weighted by Crippen LogP contribution is -2.34. The molecule has 1 aromatic carbocycles. The Kier molecular flexibility index (Phi) is 5.37. The van der Waals surface area contributed by atoms with Gasteiger partial charge in [0.05, 0.1) is 23.1 Å². The minimum atomic E-state index is -0.497. The van der Waals surface area contributed by atoms with Crippen LogP contribution in [0.4, 0.5) is 4.39 Å². The highest BCUT2D eigenvalue weighted by atomic mass is 35.5. The van der Waals surface area contributed by atoms with E-state index in [0.29, 0.717) is 19.7 Å². The summed E-state index contributed by atoms with van der Waals surface area (Å²) in [6.07, 6.45) is 0. The van der Waals surface area contributed by atoms with Crippen molar-refractivity contribution in [3.63, 3.8) is 0 Å².